The molecule has 0 amide bonds. The number of aliphatic hydroxyl groups excluding tert-OH is 1. The summed E-state index contributed by atoms with van der Waals surface area (Å²) < 4.78 is 16.4. The Morgan fingerprint density at radius 1 is 1.21 bits per heavy atom. The van der Waals surface area contributed by atoms with Crippen LogP contribution in [0.15, 0.2) is 0 Å². The topological polar surface area (TPSA) is 85.2 Å². The Hall–Kier alpha value is -1.95. The van der Waals surface area contributed by atoms with Crippen LogP contribution in [0.4, 0.5) is 0 Å². The molecular formula is C13H14O6. The number of aliphatic carboxylic acids is 1. The SMILES string of the molecule is COc1c2c(c(C(O)C(=O)O)c3c1OCC3)OCC2. The van der Waals surface area contributed by atoms with Gasteiger partial charge in [0.05, 0.1) is 20.3 Å². The van der Waals surface area contributed by atoms with Crippen LogP contribution in [-0.2, 0) is 17.6 Å². The zero-order valence-electron chi connectivity index (χ0n) is 10.4. The Balaban J connectivity index is 2.27. The fraction of sp³-hybridized carbons (Fsp3) is 0.462. The third-order valence-corrected chi connectivity index (χ3v) is 3.51. The summed E-state index contributed by atoms with van der Waals surface area (Å²) in [5.74, 6) is 0.288. The van der Waals surface area contributed by atoms with E-state index >= 15 is 0 Å². The molecule has 19 heavy (non-hydrogen) atoms. The number of carboxylic acids is 1. The molecular weight excluding hydrogens is 252 g/mol. The average molecular weight is 266 g/mol. The maximum atomic E-state index is 11.1. The molecule has 0 spiro atoms. The molecule has 3 rings (SSSR count). The Morgan fingerprint density at radius 3 is 2.47 bits per heavy atom. The zero-order chi connectivity index (χ0) is 13.6. The molecule has 102 valence electrons. The monoisotopic (exact) mass is 266 g/mol. The molecule has 0 saturated heterocycles. The van der Waals surface area contributed by atoms with Crippen molar-refractivity contribution in [2.24, 2.45) is 0 Å². The van der Waals surface area contributed by atoms with E-state index in [1.165, 1.54) is 0 Å². The molecule has 2 aliphatic rings. The summed E-state index contributed by atoms with van der Waals surface area (Å²) in [5, 5.41) is 19.0. The summed E-state index contributed by atoms with van der Waals surface area (Å²) in [4.78, 5) is 11.1. The number of rotatable bonds is 3. The van der Waals surface area contributed by atoms with Gasteiger partial charge in [0.1, 0.15) is 5.75 Å². The highest BCUT2D eigenvalue weighted by Crippen LogP contribution is 2.50. The number of hydrogen-bond donors (Lipinski definition) is 2. The first-order valence-corrected chi connectivity index (χ1v) is 6.07. The quantitative estimate of drug-likeness (QED) is 0.837. The van der Waals surface area contributed by atoms with Gasteiger partial charge >= 0.3 is 5.97 Å². The highest BCUT2D eigenvalue weighted by Gasteiger charge is 2.36. The molecule has 0 aliphatic carbocycles. The first-order chi connectivity index (χ1) is 9.15. The summed E-state index contributed by atoms with van der Waals surface area (Å²) in [6, 6.07) is 0. The summed E-state index contributed by atoms with van der Waals surface area (Å²) in [5.41, 5.74) is 1.76. The van der Waals surface area contributed by atoms with Gasteiger partial charge in [0.2, 0.25) is 0 Å². The molecule has 6 nitrogen and oxygen atoms in total. The fourth-order valence-corrected chi connectivity index (χ4v) is 2.73. The Morgan fingerprint density at radius 2 is 1.84 bits per heavy atom. The molecule has 1 aromatic carbocycles. The van der Waals surface area contributed by atoms with Gasteiger partial charge in [-0.2, -0.15) is 0 Å². The number of carbonyl (C=O) groups is 1. The molecule has 1 atom stereocenters. The standard InChI is InChI=1S/C13H14O6/c1-17-11-7-3-5-18-10(7)8(9(14)13(15)16)6-2-4-19-12(6)11/h9,14H,2-5H2,1H3,(H,15,16). The molecule has 2 aliphatic heterocycles. The predicted molar refractivity (Wildman–Crippen MR) is 64.0 cm³/mol. The molecule has 0 aromatic heterocycles. The van der Waals surface area contributed by atoms with Crippen molar-refractivity contribution in [1.82, 2.24) is 0 Å². The first-order valence-electron chi connectivity index (χ1n) is 6.07. The maximum Gasteiger partial charge on any atom is 0.337 e. The lowest BCUT2D eigenvalue weighted by molar-refractivity contribution is -0.147. The van der Waals surface area contributed by atoms with Crippen molar-refractivity contribution in [1.29, 1.82) is 0 Å². The van der Waals surface area contributed by atoms with Crippen molar-refractivity contribution in [3.8, 4) is 17.2 Å². The highest BCUT2D eigenvalue weighted by atomic mass is 16.5. The van der Waals surface area contributed by atoms with Gasteiger partial charge < -0.3 is 24.4 Å². The smallest absolute Gasteiger partial charge is 0.337 e. The molecule has 0 saturated carbocycles. The van der Waals surface area contributed by atoms with Crippen LogP contribution in [0.5, 0.6) is 17.2 Å². The van der Waals surface area contributed by atoms with E-state index < -0.39 is 12.1 Å². The van der Waals surface area contributed by atoms with Crippen molar-refractivity contribution >= 4 is 5.97 Å². The third-order valence-electron chi connectivity index (χ3n) is 3.51. The molecule has 0 fully saturated rings. The lowest BCUT2D eigenvalue weighted by Crippen LogP contribution is -2.14. The highest BCUT2D eigenvalue weighted by molar-refractivity contribution is 5.79. The van der Waals surface area contributed by atoms with Gasteiger partial charge in [-0.15, -0.1) is 0 Å². The van der Waals surface area contributed by atoms with E-state index in [-0.39, 0.29) is 0 Å². The second kappa shape index (κ2) is 4.31. The van der Waals surface area contributed by atoms with E-state index in [9.17, 15) is 9.90 Å². The normalized spacial score (nSPS) is 17.2. The van der Waals surface area contributed by atoms with Crippen molar-refractivity contribution in [3.63, 3.8) is 0 Å². The minimum absolute atomic E-state index is 0.313. The van der Waals surface area contributed by atoms with Gasteiger partial charge in [-0.05, 0) is 0 Å². The van der Waals surface area contributed by atoms with Crippen LogP contribution in [0.2, 0.25) is 0 Å². The van der Waals surface area contributed by atoms with Crippen LogP contribution in [0, 0.1) is 0 Å². The van der Waals surface area contributed by atoms with Crippen molar-refractivity contribution in [2.75, 3.05) is 20.3 Å². The molecule has 0 bridgehead atoms. The maximum absolute atomic E-state index is 11.1. The third kappa shape index (κ3) is 1.63. The number of methoxy groups -OCH3 is 1. The molecule has 6 heteroatoms. The second-order valence-electron chi connectivity index (χ2n) is 4.50. The molecule has 0 radical (unpaired) electrons. The summed E-state index contributed by atoms with van der Waals surface area (Å²) in [6.45, 7) is 0.905. The van der Waals surface area contributed by atoms with Crippen LogP contribution in [-0.4, -0.2) is 36.5 Å². The second-order valence-corrected chi connectivity index (χ2v) is 4.50. The Kier molecular flexibility index (Phi) is 2.74. The predicted octanol–water partition coefficient (Wildman–Crippen LogP) is 0.683. The number of fused-ring (bicyclic) bond motifs is 2. The summed E-state index contributed by atoms with van der Waals surface area (Å²) >= 11 is 0. The lowest BCUT2D eigenvalue weighted by atomic mass is 9.94. The van der Waals surface area contributed by atoms with E-state index in [0.717, 1.165) is 5.56 Å². The van der Waals surface area contributed by atoms with E-state index in [2.05, 4.69) is 0 Å². The van der Waals surface area contributed by atoms with Crippen molar-refractivity contribution in [2.45, 2.75) is 18.9 Å². The largest absolute Gasteiger partial charge is 0.492 e. The van der Waals surface area contributed by atoms with E-state index in [0.29, 0.717) is 54.4 Å². The first kappa shape index (κ1) is 12.1. The van der Waals surface area contributed by atoms with Crippen LogP contribution in [0.1, 0.15) is 22.8 Å². The molecule has 1 aromatic rings. The molecule has 1 unspecified atom stereocenters. The van der Waals surface area contributed by atoms with E-state index in [1.54, 1.807) is 7.11 Å². The summed E-state index contributed by atoms with van der Waals surface area (Å²) in [6.07, 6.45) is -0.440. The Bertz CT molecular complexity index is 516. The average Bonchev–Trinajstić information content (AvgIpc) is 3.02. The van der Waals surface area contributed by atoms with Gasteiger partial charge in [0.25, 0.3) is 0 Å². The van der Waals surface area contributed by atoms with Crippen LogP contribution in [0.25, 0.3) is 0 Å². The van der Waals surface area contributed by atoms with Crippen molar-refractivity contribution in [3.05, 3.63) is 16.7 Å². The van der Waals surface area contributed by atoms with Gasteiger partial charge in [-0.3, -0.25) is 0 Å². The fourth-order valence-electron chi connectivity index (χ4n) is 2.73. The lowest BCUT2D eigenvalue weighted by Gasteiger charge is -2.18. The van der Waals surface area contributed by atoms with Crippen LogP contribution >= 0.6 is 0 Å². The van der Waals surface area contributed by atoms with Gasteiger partial charge in [-0.25, -0.2) is 4.79 Å². The van der Waals surface area contributed by atoms with E-state index in [4.69, 9.17) is 19.3 Å². The van der Waals surface area contributed by atoms with Gasteiger partial charge in [0, 0.05) is 29.5 Å². The van der Waals surface area contributed by atoms with Crippen LogP contribution in [0.3, 0.4) is 0 Å². The number of carboxylic acid groups (broad SMARTS) is 1. The zero-order valence-corrected chi connectivity index (χ0v) is 10.4. The Labute approximate surface area is 109 Å². The molecule has 2 heterocycles. The minimum atomic E-state index is -1.60. The van der Waals surface area contributed by atoms with Gasteiger partial charge in [0.15, 0.2) is 17.6 Å². The number of hydrogen-bond acceptors (Lipinski definition) is 5. The minimum Gasteiger partial charge on any atom is -0.492 e. The number of aliphatic hydroxyl groups is 1. The van der Waals surface area contributed by atoms with Crippen LogP contribution < -0.4 is 14.2 Å². The number of ether oxygens (including phenoxy) is 3. The van der Waals surface area contributed by atoms with E-state index in [1.807, 2.05) is 0 Å². The molecule has 2 N–H and O–H groups in total. The van der Waals surface area contributed by atoms with Crippen molar-refractivity contribution < 1.29 is 29.2 Å². The van der Waals surface area contributed by atoms with Gasteiger partial charge in [-0.1, -0.05) is 0 Å². The summed E-state index contributed by atoms with van der Waals surface area (Å²) in [7, 11) is 1.54. The number of benzene rings is 1.